The molecule has 144 valence electrons. The number of benzene rings is 1. The number of nitrogens with one attached hydrogen (secondary N) is 2. The zero-order valence-electron chi connectivity index (χ0n) is 15.3. The van der Waals surface area contributed by atoms with Crippen LogP contribution in [-0.2, 0) is 22.6 Å². The van der Waals surface area contributed by atoms with Gasteiger partial charge in [-0.3, -0.25) is 14.9 Å². The van der Waals surface area contributed by atoms with Crippen LogP contribution in [0.4, 0.5) is 5.13 Å². The Kier molecular flexibility index (Phi) is 6.25. The number of amides is 2. The number of hydrogen-bond donors (Lipinski definition) is 2. The Balaban J connectivity index is 1.40. The minimum absolute atomic E-state index is 0.220. The molecule has 0 spiro atoms. The molecule has 27 heavy (non-hydrogen) atoms. The maximum atomic E-state index is 12.0. The molecule has 0 saturated heterocycles. The Labute approximate surface area is 161 Å². The van der Waals surface area contributed by atoms with Crippen LogP contribution < -0.4 is 20.1 Å². The highest BCUT2D eigenvalue weighted by Gasteiger charge is 2.21. The molecule has 2 aromatic rings. The average molecular weight is 390 g/mol. The second-order valence-corrected chi connectivity index (χ2v) is 7.19. The van der Waals surface area contributed by atoms with Crippen molar-refractivity contribution in [2.75, 3.05) is 39.2 Å². The molecule has 0 saturated carbocycles. The average Bonchev–Trinajstić information content (AvgIpc) is 3.06. The third-order valence-corrected chi connectivity index (χ3v) is 5.06. The Hall–Kier alpha value is -2.65. The number of rotatable bonds is 6. The predicted octanol–water partition coefficient (Wildman–Crippen LogP) is 1.27. The fourth-order valence-electron chi connectivity index (χ4n) is 2.62. The van der Waals surface area contributed by atoms with Gasteiger partial charge in [-0.1, -0.05) is 0 Å². The van der Waals surface area contributed by atoms with Crippen molar-refractivity contribution in [1.82, 2.24) is 15.2 Å². The number of anilines is 1. The third-order valence-electron chi connectivity index (χ3n) is 4.06. The highest BCUT2D eigenvalue weighted by atomic mass is 32.1. The molecule has 0 unspecified atom stereocenters. The molecule has 1 aliphatic rings. The summed E-state index contributed by atoms with van der Waals surface area (Å²) in [6, 6.07) is 7.11. The van der Waals surface area contributed by atoms with Crippen LogP contribution in [0.5, 0.6) is 11.5 Å². The van der Waals surface area contributed by atoms with E-state index in [9.17, 15) is 9.59 Å². The normalized spacial score (nSPS) is 13.6. The van der Waals surface area contributed by atoms with Gasteiger partial charge in [0.1, 0.15) is 18.1 Å². The second-order valence-electron chi connectivity index (χ2n) is 6.11. The van der Waals surface area contributed by atoms with Crippen LogP contribution in [-0.4, -0.2) is 55.6 Å². The molecule has 2 amide bonds. The molecule has 0 aliphatic carbocycles. The predicted molar refractivity (Wildman–Crippen MR) is 102 cm³/mol. The number of carbonyl (C=O) groups is 2. The van der Waals surface area contributed by atoms with E-state index in [0.29, 0.717) is 10.9 Å². The van der Waals surface area contributed by atoms with Crippen LogP contribution in [0.3, 0.4) is 0 Å². The molecule has 1 aliphatic heterocycles. The number of nitrogens with zero attached hydrogens (tertiary/aromatic N) is 2. The summed E-state index contributed by atoms with van der Waals surface area (Å²) >= 11 is 1.41. The van der Waals surface area contributed by atoms with E-state index in [-0.39, 0.29) is 13.2 Å². The van der Waals surface area contributed by atoms with Gasteiger partial charge in [-0.25, -0.2) is 4.98 Å². The van der Waals surface area contributed by atoms with Crippen molar-refractivity contribution in [1.29, 1.82) is 0 Å². The quantitative estimate of drug-likeness (QED) is 0.570. The lowest BCUT2D eigenvalue weighted by Crippen LogP contribution is -2.37. The van der Waals surface area contributed by atoms with Gasteiger partial charge < -0.3 is 19.7 Å². The molecule has 0 bridgehead atoms. The summed E-state index contributed by atoms with van der Waals surface area (Å²) in [5, 5.41) is 5.56. The highest BCUT2D eigenvalue weighted by molar-refractivity contribution is 7.16. The van der Waals surface area contributed by atoms with E-state index >= 15 is 0 Å². The fourth-order valence-corrected chi connectivity index (χ4v) is 3.70. The molecular formula is C18H22N4O4S. The summed E-state index contributed by atoms with van der Waals surface area (Å²) in [6.45, 7) is 2.23. The number of hydrogen-bond acceptors (Lipinski definition) is 7. The van der Waals surface area contributed by atoms with Crippen molar-refractivity contribution in [3.05, 3.63) is 34.8 Å². The number of likely N-dealkylation sites (N-methyl/N-ethyl adjacent to an activating group) is 1. The van der Waals surface area contributed by atoms with E-state index in [0.717, 1.165) is 35.8 Å². The lowest BCUT2D eigenvalue weighted by atomic mass is 10.2. The molecular weight excluding hydrogens is 368 g/mol. The number of fused-ring (bicyclic) bond motifs is 1. The van der Waals surface area contributed by atoms with Gasteiger partial charge in [0.05, 0.1) is 19.3 Å². The molecule has 3 rings (SSSR count). The number of thiazole rings is 1. The van der Waals surface area contributed by atoms with Gasteiger partial charge in [-0.2, -0.15) is 0 Å². The first-order valence-electron chi connectivity index (χ1n) is 8.58. The Morgan fingerprint density at radius 1 is 1.22 bits per heavy atom. The molecule has 2 heterocycles. The fraction of sp³-hybridized carbons (Fsp3) is 0.389. The van der Waals surface area contributed by atoms with Crippen LogP contribution in [0.1, 0.15) is 10.6 Å². The number of ether oxygens (including phenoxy) is 2. The molecule has 0 atom stereocenters. The zero-order chi connectivity index (χ0) is 19.2. The van der Waals surface area contributed by atoms with E-state index in [2.05, 4.69) is 20.5 Å². The van der Waals surface area contributed by atoms with Crippen LogP contribution >= 0.6 is 11.3 Å². The summed E-state index contributed by atoms with van der Waals surface area (Å²) in [5.41, 5.74) is 1.00. The Bertz CT molecular complexity index is 806. The highest BCUT2D eigenvalue weighted by Crippen LogP contribution is 2.27. The van der Waals surface area contributed by atoms with Gasteiger partial charge in [0.2, 0.25) is 0 Å². The number of aromatic nitrogens is 1. The molecule has 8 nitrogen and oxygen atoms in total. The van der Waals surface area contributed by atoms with Crippen molar-refractivity contribution in [2.45, 2.75) is 13.0 Å². The van der Waals surface area contributed by atoms with E-state index < -0.39 is 11.8 Å². The Morgan fingerprint density at radius 2 is 1.96 bits per heavy atom. The number of carbonyl (C=O) groups excluding carboxylic acids is 2. The van der Waals surface area contributed by atoms with E-state index in [4.69, 9.17) is 9.47 Å². The topological polar surface area (TPSA) is 92.8 Å². The Morgan fingerprint density at radius 3 is 2.70 bits per heavy atom. The molecule has 2 N–H and O–H groups in total. The van der Waals surface area contributed by atoms with Crippen molar-refractivity contribution < 1.29 is 19.1 Å². The van der Waals surface area contributed by atoms with Crippen LogP contribution in [0.15, 0.2) is 24.3 Å². The second kappa shape index (κ2) is 8.83. The number of methoxy groups -OCH3 is 1. The van der Waals surface area contributed by atoms with Gasteiger partial charge in [0.25, 0.3) is 0 Å². The first-order chi connectivity index (χ1) is 13.0. The maximum absolute atomic E-state index is 12.0. The maximum Gasteiger partial charge on any atom is 0.315 e. The molecule has 1 aromatic carbocycles. The van der Waals surface area contributed by atoms with E-state index in [1.807, 2.05) is 7.05 Å². The largest absolute Gasteiger partial charge is 0.497 e. The van der Waals surface area contributed by atoms with Crippen LogP contribution in [0.2, 0.25) is 0 Å². The first-order valence-corrected chi connectivity index (χ1v) is 9.40. The third kappa shape index (κ3) is 5.18. The molecule has 0 fully saturated rings. The van der Waals surface area contributed by atoms with Gasteiger partial charge in [-0.15, -0.1) is 11.3 Å². The lowest BCUT2D eigenvalue weighted by Gasteiger charge is -2.20. The summed E-state index contributed by atoms with van der Waals surface area (Å²) < 4.78 is 10.6. The summed E-state index contributed by atoms with van der Waals surface area (Å²) in [5.74, 6) is -0.0341. The van der Waals surface area contributed by atoms with Gasteiger partial charge in [-0.05, 0) is 31.3 Å². The summed E-state index contributed by atoms with van der Waals surface area (Å²) in [4.78, 5) is 31.6. The van der Waals surface area contributed by atoms with Crippen molar-refractivity contribution in [2.24, 2.45) is 0 Å². The summed E-state index contributed by atoms with van der Waals surface area (Å²) in [7, 11) is 3.64. The molecule has 0 radical (unpaired) electrons. The van der Waals surface area contributed by atoms with Crippen LogP contribution in [0.25, 0.3) is 0 Å². The zero-order valence-corrected chi connectivity index (χ0v) is 16.1. The molecule has 9 heteroatoms. The monoisotopic (exact) mass is 390 g/mol. The minimum Gasteiger partial charge on any atom is -0.497 e. The van der Waals surface area contributed by atoms with Crippen LogP contribution in [0, 0.1) is 0 Å². The first kappa shape index (κ1) is 19.1. The standard InChI is InChI=1S/C18H22N4O4S/c1-22-9-7-14-15(11-22)27-18(20-14)21-17(24)16(23)19-8-10-26-13-5-3-12(25-2)4-6-13/h3-6H,7-11H2,1-2H3,(H,19,23)(H,20,21,24). The van der Waals surface area contributed by atoms with Gasteiger partial charge in [0.15, 0.2) is 5.13 Å². The minimum atomic E-state index is -0.723. The van der Waals surface area contributed by atoms with E-state index in [1.54, 1.807) is 31.4 Å². The molecule has 1 aromatic heterocycles. The van der Waals surface area contributed by atoms with Gasteiger partial charge in [0, 0.05) is 24.4 Å². The smallest absolute Gasteiger partial charge is 0.315 e. The SMILES string of the molecule is COc1ccc(OCCNC(=O)C(=O)Nc2nc3c(s2)CN(C)CC3)cc1. The van der Waals surface area contributed by atoms with E-state index in [1.165, 1.54) is 11.3 Å². The lowest BCUT2D eigenvalue weighted by molar-refractivity contribution is -0.136. The van der Waals surface area contributed by atoms with Crippen molar-refractivity contribution >= 4 is 28.3 Å². The summed E-state index contributed by atoms with van der Waals surface area (Å²) in [6.07, 6.45) is 0.854. The van der Waals surface area contributed by atoms with Crippen molar-refractivity contribution in [3.63, 3.8) is 0 Å². The van der Waals surface area contributed by atoms with Crippen molar-refractivity contribution in [3.8, 4) is 11.5 Å². The van der Waals surface area contributed by atoms with Gasteiger partial charge >= 0.3 is 11.8 Å².